The summed E-state index contributed by atoms with van der Waals surface area (Å²) < 4.78 is 18.7. The van der Waals surface area contributed by atoms with Crippen LogP contribution in [0.2, 0.25) is 0 Å². The molecule has 2 rings (SSSR count). The number of hydrogen-bond acceptors (Lipinski definition) is 2. The largest absolute Gasteiger partial charge is 0.444 e. The van der Waals surface area contributed by atoms with E-state index in [0.29, 0.717) is 5.33 Å². The molecule has 5 heteroatoms. The maximum Gasteiger partial charge on any atom is 0.412 e. The lowest BCUT2D eigenvalue weighted by molar-refractivity contribution is 0.155. The van der Waals surface area contributed by atoms with Crippen molar-refractivity contribution in [3.63, 3.8) is 0 Å². The molecule has 1 amide bonds. The summed E-state index contributed by atoms with van der Waals surface area (Å²) in [6.45, 7) is 0.147. The number of carbonyl (C=O) groups excluding carboxylic acids is 1. The Morgan fingerprint density at radius 1 is 1.15 bits per heavy atom. The monoisotopic (exact) mass is 337 g/mol. The fourth-order valence-corrected chi connectivity index (χ4v) is 1.96. The van der Waals surface area contributed by atoms with Gasteiger partial charge in [0.2, 0.25) is 0 Å². The summed E-state index contributed by atoms with van der Waals surface area (Å²) in [6, 6.07) is 13.9. The topological polar surface area (TPSA) is 38.3 Å². The fourth-order valence-electron chi connectivity index (χ4n) is 1.61. The average Bonchev–Trinajstić information content (AvgIpc) is 2.48. The number of amides is 1. The van der Waals surface area contributed by atoms with Crippen LogP contribution in [-0.4, -0.2) is 6.09 Å². The Bertz CT molecular complexity index is 590. The predicted octanol–water partition coefficient (Wildman–Crippen LogP) is 4.47. The molecule has 20 heavy (non-hydrogen) atoms. The van der Waals surface area contributed by atoms with Gasteiger partial charge < -0.3 is 4.74 Å². The molecule has 2 aromatic carbocycles. The second-order valence-electron chi connectivity index (χ2n) is 4.13. The van der Waals surface area contributed by atoms with Crippen molar-refractivity contribution < 1.29 is 13.9 Å². The van der Waals surface area contributed by atoms with Crippen molar-refractivity contribution >= 4 is 27.7 Å². The van der Waals surface area contributed by atoms with E-state index in [-0.39, 0.29) is 12.3 Å². The lowest BCUT2D eigenvalue weighted by Gasteiger charge is -2.08. The number of carbonyl (C=O) groups is 1. The van der Waals surface area contributed by atoms with Crippen LogP contribution in [0.3, 0.4) is 0 Å². The van der Waals surface area contributed by atoms with Crippen molar-refractivity contribution in [2.45, 2.75) is 11.9 Å². The Hall–Kier alpha value is -1.88. The molecule has 0 fully saturated rings. The zero-order valence-electron chi connectivity index (χ0n) is 10.6. The molecule has 0 saturated carbocycles. The van der Waals surface area contributed by atoms with Gasteiger partial charge >= 0.3 is 6.09 Å². The smallest absolute Gasteiger partial charge is 0.412 e. The molecule has 0 bridgehead atoms. The Morgan fingerprint density at radius 3 is 2.55 bits per heavy atom. The number of nitrogens with one attached hydrogen (secondary N) is 1. The summed E-state index contributed by atoms with van der Waals surface area (Å²) in [7, 11) is 0. The Labute approximate surface area is 124 Å². The Kier molecular flexibility index (Phi) is 5.12. The lowest BCUT2D eigenvalue weighted by atomic mass is 10.2. The van der Waals surface area contributed by atoms with Gasteiger partial charge in [-0.15, -0.1) is 0 Å². The molecule has 2 aromatic rings. The van der Waals surface area contributed by atoms with Crippen LogP contribution >= 0.6 is 15.9 Å². The summed E-state index contributed by atoms with van der Waals surface area (Å²) in [6.07, 6.45) is -0.681. The van der Waals surface area contributed by atoms with E-state index in [1.807, 2.05) is 30.3 Å². The highest BCUT2D eigenvalue weighted by Gasteiger charge is 2.08. The number of rotatable bonds is 4. The molecule has 0 radical (unpaired) electrons. The minimum atomic E-state index is -0.681. The van der Waals surface area contributed by atoms with E-state index in [2.05, 4.69) is 21.2 Å². The number of alkyl halides is 1. The first-order chi connectivity index (χ1) is 9.69. The molecule has 3 nitrogen and oxygen atoms in total. The maximum absolute atomic E-state index is 13.7. The zero-order chi connectivity index (χ0) is 14.4. The van der Waals surface area contributed by atoms with Gasteiger partial charge in [-0.1, -0.05) is 52.3 Å². The highest BCUT2D eigenvalue weighted by atomic mass is 79.9. The molecule has 0 heterocycles. The highest BCUT2D eigenvalue weighted by molar-refractivity contribution is 9.08. The molecular formula is C15H13BrFNO2. The summed E-state index contributed by atoms with van der Waals surface area (Å²) in [4.78, 5) is 11.6. The maximum atomic E-state index is 13.7. The normalized spacial score (nSPS) is 10.1. The zero-order valence-corrected chi connectivity index (χ0v) is 12.2. The Balaban J connectivity index is 1.91. The summed E-state index contributed by atoms with van der Waals surface area (Å²) >= 11 is 3.24. The first-order valence-corrected chi connectivity index (χ1v) is 7.13. The van der Waals surface area contributed by atoms with Crippen LogP contribution in [0.15, 0.2) is 48.5 Å². The van der Waals surface area contributed by atoms with Crippen LogP contribution in [0, 0.1) is 5.82 Å². The third-order valence-corrected chi connectivity index (χ3v) is 3.28. The molecule has 0 aromatic heterocycles. The van der Waals surface area contributed by atoms with Crippen LogP contribution < -0.4 is 5.32 Å². The third-order valence-electron chi connectivity index (χ3n) is 2.64. The van der Waals surface area contributed by atoms with E-state index in [1.54, 1.807) is 6.07 Å². The molecule has 0 atom stereocenters. The summed E-state index contributed by atoms with van der Waals surface area (Å²) in [5.74, 6) is -0.487. The van der Waals surface area contributed by atoms with Crippen LogP contribution in [0.4, 0.5) is 14.9 Å². The van der Waals surface area contributed by atoms with Crippen molar-refractivity contribution in [2.24, 2.45) is 0 Å². The van der Waals surface area contributed by atoms with E-state index in [0.717, 1.165) is 11.1 Å². The molecule has 0 aliphatic heterocycles. The van der Waals surface area contributed by atoms with Crippen molar-refractivity contribution in [3.05, 3.63) is 65.5 Å². The van der Waals surface area contributed by atoms with Gasteiger partial charge in [-0.3, -0.25) is 5.32 Å². The van der Waals surface area contributed by atoms with Gasteiger partial charge in [-0.25, -0.2) is 9.18 Å². The third kappa shape index (κ3) is 4.06. The van der Waals surface area contributed by atoms with E-state index in [4.69, 9.17) is 4.74 Å². The molecule has 0 aliphatic carbocycles. The number of ether oxygens (including phenoxy) is 1. The molecule has 1 N–H and O–H groups in total. The van der Waals surface area contributed by atoms with Crippen LogP contribution in [0.1, 0.15) is 11.1 Å². The van der Waals surface area contributed by atoms with E-state index in [1.165, 1.54) is 12.1 Å². The van der Waals surface area contributed by atoms with Gasteiger partial charge in [0.05, 0.1) is 5.69 Å². The molecule has 0 spiro atoms. The van der Waals surface area contributed by atoms with Crippen LogP contribution in [-0.2, 0) is 16.7 Å². The number of anilines is 1. The van der Waals surface area contributed by atoms with E-state index >= 15 is 0 Å². The minimum Gasteiger partial charge on any atom is -0.444 e. The van der Waals surface area contributed by atoms with Gasteiger partial charge in [-0.05, 0) is 23.3 Å². The molecule has 0 saturated heterocycles. The minimum absolute atomic E-state index is 0.104. The predicted molar refractivity (Wildman–Crippen MR) is 79.3 cm³/mol. The van der Waals surface area contributed by atoms with Crippen molar-refractivity contribution in [1.82, 2.24) is 0 Å². The molecular weight excluding hydrogens is 325 g/mol. The van der Waals surface area contributed by atoms with E-state index < -0.39 is 11.9 Å². The highest BCUT2D eigenvalue weighted by Crippen LogP contribution is 2.17. The van der Waals surface area contributed by atoms with Gasteiger partial charge in [-0.2, -0.15) is 0 Å². The fraction of sp³-hybridized carbons (Fsp3) is 0.133. The Morgan fingerprint density at radius 2 is 1.90 bits per heavy atom. The summed E-state index contributed by atoms with van der Waals surface area (Å²) in [5, 5.41) is 2.94. The van der Waals surface area contributed by atoms with E-state index in [9.17, 15) is 9.18 Å². The molecule has 104 valence electrons. The number of benzene rings is 2. The summed E-state index contributed by atoms with van der Waals surface area (Å²) in [5.41, 5.74) is 1.77. The second kappa shape index (κ2) is 7.05. The first-order valence-electron chi connectivity index (χ1n) is 6.01. The lowest BCUT2D eigenvalue weighted by Crippen LogP contribution is -2.14. The number of halogens is 2. The van der Waals surface area contributed by atoms with Gasteiger partial charge in [0.25, 0.3) is 0 Å². The average molecular weight is 338 g/mol. The van der Waals surface area contributed by atoms with Crippen molar-refractivity contribution in [1.29, 1.82) is 0 Å². The number of hydrogen-bond donors (Lipinski definition) is 1. The SMILES string of the molecule is O=C(Nc1ccc(CBr)cc1F)OCc1ccccc1. The van der Waals surface area contributed by atoms with Crippen molar-refractivity contribution in [2.75, 3.05) is 5.32 Å². The van der Waals surface area contributed by atoms with Crippen LogP contribution in [0.25, 0.3) is 0 Å². The second-order valence-corrected chi connectivity index (χ2v) is 4.70. The quantitative estimate of drug-likeness (QED) is 0.836. The first kappa shape index (κ1) is 14.5. The standard InChI is InChI=1S/C15H13BrFNO2/c16-9-12-6-7-14(13(17)8-12)18-15(19)20-10-11-4-2-1-3-5-11/h1-8H,9-10H2,(H,18,19). The van der Waals surface area contributed by atoms with Crippen LogP contribution in [0.5, 0.6) is 0 Å². The van der Waals surface area contributed by atoms with Crippen molar-refractivity contribution in [3.8, 4) is 0 Å². The van der Waals surface area contributed by atoms with Gasteiger partial charge in [0, 0.05) is 5.33 Å². The molecule has 0 aliphatic rings. The molecule has 0 unspecified atom stereocenters. The van der Waals surface area contributed by atoms with Gasteiger partial charge in [0.1, 0.15) is 12.4 Å². The van der Waals surface area contributed by atoms with Gasteiger partial charge in [0.15, 0.2) is 0 Å².